The van der Waals surface area contributed by atoms with Gasteiger partial charge in [0.25, 0.3) is 0 Å². The zero-order valence-electron chi connectivity index (χ0n) is 13.1. The Labute approximate surface area is 139 Å². The van der Waals surface area contributed by atoms with Crippen molar-refractivity contribution < 1.29 is 4.79 Å². The Morgan fingerprint density at radius 1 is 1.26 bits per heavy atom. The zero-order valence-corrected chi connectivity index (χ0v) is 13.9. The van der Waals surface area contributed by atoms with E-state index in [2.05, 4.69) is 22.2 Å². The van der Waals surface area contributed by atoms with Gasteiger partial charge in [-0.15, -0.1) is 0 Å². The standard InChI is InChI=1S/C17H18N4OS/c1-3-14(22)19-17-20-15(12-8-6-5-7-9-12)16(23-17)13-10-21(4-2)11-18-13/h5-11H,3-4H2,1-2H3,(H,19,20,22). The highest BCUT2D eigenvalue weighted by atomic mass is 32.1. The van der Waals surface area contributed by atoms with Gasteiger partial charge in [-0.25, -0.2) is 9.97 Å². The van der Waals surface area contributed by atoms with Gasteiger partial charge >= 0.3 is 0 Å². The predicted octanol–water partition coefficient (Wildman–Crippen LogP) is 4.04. The van der Waals surface area contributed by atoms with Crippen molar-refractivity contribution in [2.24, 2.45) is 0 Å². The first-order valence-electron chi connectivity index (χ1n) is 7.59. The van der Waals surface area contributed by atoms with Crippen molar-refractivity contribution in [1.82, 2.24) is 14.5 Å². The van der Waals surface area contributed by atoms with E-state index in [1.54, 1.807) is 0 Å². The largest absolute Gasteiger partial charge is 0.337 e. The van der Waals surface area contributed by atoms with Crippen LogP contribution in [0.15, 0.2) is 42.9 Å². The van der Waals surface area contributed by atoms with E-state index < -0.39 is 0 Å². The highest BCUT2D eigenvalue weighted by molar-refractivity contribution is 7.19. The fourth-order valence-corrected chi connectivity index (χ4v) is 3.16. The molecule has 0 unspecified atom stereocenters. The smallest absolute Gasteiger partial charge is 0.225 e. The van der Waals surface area contributed by atoms with E-state index in [1.807, 2.05) is 54.3 Å². The number of aryl methyl sites for hydroxylation is 1. The molecule has 0 fully saturated rings. The average molecular weight is 326 g/mol. The molecule has 0 radical (unpaired) electrons. The number of imidazole rings is 1. The van der Waals surface area contributed by atoms with Gasteiger partial charge in [-0.3, -0.25) is 4.79 Å². The number of carbonyl (C=O) groups excluding carboxylic acids is 1. The van der Waals surface area contributed by atoms with Crippen LogP contribution in [-0.4, -0.2) is 20.4 Å². The van der Waals surface area contributed by atoms with Gasteiger partial charge in [0.2, 0.25) is 5.91 Å². The van der Waals surface area contributed by atoms with E-state index in [9.17, 15) is 4.79 Å². The molecule has 3 rings (SSSR count). The van der Waals surface area contributed by atoms with Crippen molar-refractivity contribution in [3.05, 3.63) is 42.9 Å². The molecule has 1 aromatic carbocycles. The Morgan fingerprint density at radius 2 is 2.04 bits per heavy atom. The number of nitrogens with zero attached hydrogens (tertiary/aromatic N) is 3. The second-order valence-corrected chi connectivity index (χ2v) is 6.05. The topological polar surface area (TPSA) is 59.8 Å². The van der Waals surface area contributed by atoms with Crippen molar-refractivity contribution in [1.29, 1.82) is 0 Å². The van der Waals surface area contributed by atoms with Crippen LogP contribution in [0.25, 0.3) is 21.8 Å². The summed E-state index contributed by atoms with van der Waals surface area (Å²) in [6.07, 6.45) is 4.25. The first kappa shape index (κ1) is 15.4. The number of nitrogens with one attached hydrogen (secondary N) is 1. The molecule has 0 bridgehead atoms. The number of aromatic nitrogens is 3. The third-order valence-electron chi connectivity index (χ3n) is 3.47. The monoisotopic (exact) mass is 326 g/mol. The highest BCUT2D eigenvalue weighted by Gasteiger charge is 2.17. The minimum absolute atomic E-state index is 0.0380. The van der Waals surface area contributed by atoms with Crippen LogP contribution in [0.2, 0.25) is 0 Å². The summed E-state index contributed by atoms with van der Waals surface area (Å²) < 4.78 is 2.02. The van der Waals surface area contributed by atoms with Crippen molar-refractivity contribution >= 4 is 22.4 Å². The third-order valence-corrected chi connectivity index (χ3v) is 4.47. The first-order valence-corrected chi connectivity index (χ1v) is 8.41. The second kappa shape index (κ2) is 6.75. The number of hydrogen-bond donors (Lipinski definition) is 1. The second-order valence-electron chi connectivity index (χ2n) is 5.05. The Bertz CT molecular complexity index is 807. The van der Waals surface area contributed by atoms with Crippen LogP contribution in [0, 0.1) is 0 Å². The normalized spacial score (nSPS) is 10.7. The van der Waals surface area contributed by atoms with E-state index in [0.29, 0.717) is 11.6 Å². The number of anilines is 1. The molecule has 1 N–H and O–H groups in total. The lowest BCUT2D eigenvalue weighted by Crippen LogP contribution is -2.08. The van der Waals surface area contributed by atoms with Crippen molar-refractivity contribution in [2.45, 2.75) is 26.8 Å². The SMILES string of the molecule is CCC(=O)Nc1nc(-c2ccccc2)c(-c2cn(CC)cn2)s1. The van der Waals surface area contributed by atoms with E-state index in [4.69, 9.17) is 0 Å². The molecular weight excluding hydrogens is 308 g/mol. The molecule has 5 nitrogen and oxygen atoms in total. The van der Waals surface area contributed by atoms with Crippen LogP contribution in [0.5, 0.6) is 0 Å². The van der Waals surface area contributed by atoms with Crippen LogP contribution < -0.4 is 5.32 Å². The highest BCUT2D eigenvalue weighted by Crippen LogP contribution is 2.38. The molecule has 0 saturated heterocycles. The summed E-state index contributed by atoms with van der Waals surface area (Å²) in [5.74, 6) is -0.0380. The van der Waals surface area contributed by atoms with Crippen LogP contribution in [0.1, 0.15) is 20.3 Å². The Morgan fingerprint density at radius 3 is 2.70 bits per heavy atom. The number of hydrogen-bond acceptors (Lipinski definition) is 4. The lowest BCUT2D eigenvalue weighted by atomic mass is 10.1. The van der Waals surface area contributed by atoms with E-state index in [-0.39, 0.29) is 5.91 Å². The lowest BCUT2D eigenvalue weighted by Gasteiger charge is -1.99. The van der Waals surface area contributed by atoms with Gasteiger partial charge in [-0.1, -0.05) is 48.6 Å². The third kappa shape index (κ3) is 3.32. The number of rotatable bonds is 5. The van der Waals surface area contributed by atoms with Crippen LogP contribution >= 0.6 is 11.3 Å². The fraction of sp³-hybridized carbons (Fsp3) is 0.235. The maximum absolute atomic E-state index is 11.7. The minimum Gasteiger partial charge on any atom is -0.337 e. The summed E-state index contributed by atoms with van der Waals surface area (Å²) >= 11 is 1.46. The van der Waals surface area contributed by atoms with E-state index in [0.717, 1.165) is 28.4 Å². The molecule has 0 aliphatic carbocycles. The predicted molar refractivity (Wildman–Crippen MR) is 93.4 cm³/mol. The van der Waals surface area contributed by atoms with Crippen LogP contribution in [0.3, 0.4) is 0 Å². The molecule has 2 aromatic heterocycles. The van der Waals surface area contributed by atoms with Gasteiger partial charge in [-0.2, -0.15) is 0 Å². The number of carbonyl (C=O) groups is 1. The molecule has 6 heteroatoms. The Balaban J connectivity index is 2.06. The summed E-state index contributed by atoms with van der Waals surface area (Å²) in [7, 11) is 0. The first-order chi connectivity index (χ1) is 11.2. The van der Waals surface area contributed by atoms with Gasteiger partial charge in [-0.05, 0) is 6.92 Å². The van der Waals surface area contributed by atoms with Crippen molar-refractivity contribution in [3.8, 4) is 21.8 Å². The molecule has 3 aromatic rings. The molecule has 0 atom stereocenters. The summed E-state index contributed by atoms with van der Waals surface area (Å²) in [5.41, 5.74) is 2.74. The van der Waals surface area contributed by atoms with E-state index >= 15 is 0 Å². The molecule has 23 heavy (non-hydrogen) atoms. The maximum atomic E-state index is 11.7. The van der Waals surface area contributed by atoms with Crippen LogP contribution in [-0.2, 0) is 11.3 Å². The molecule has 0 aliphatic heterocycles. The number of thiazole rings is 1. The average Bonchev–Trinajstić information content (AvgIpc) is 3.22. The molecule has 2 heterocycles. The summed E-state index contributed by atoms with van der Waals surface area (Å²) in [4.78, 5) is 21.7. The van der Waals surface area contributed by atoms with Gasteiger partial charge in [0, 0.05) is 24.7 Å². The van der Waals surface area contributed by atoms with Crippen molar-refractivity contribution in [3.63, 3.8) is 0 Å². The summed E-state index contributed by atoms with van der Waals surface area (Å²) in [6.45, 7) is 4.76. The zero-order chi connectivity index (χ0) is 16.2. The molecule has 1 amide bonds. The Hall–Kier alpha value is -2.47. The van der Waals surface area contributed by atoms with Gasteiger partial charge in [0.1, 0.15) is 5.69 Å². The molecular formula is C17H18N4OS. The fourth-order valence-electron chi connectivity index (χ4n) is 2.20. The lowest BCUT2D eigenvalue weighted by molar-refractivity contribution is -0.115. The summed E-state index contributed by atoms with van der Waals surface area (Å²) in [5, 5.41) is 3.45. The quantitative estimate of drug-likeness (QED) is 0.769. The Kier molecular flexibility index (Phi) is 4.52. The number of amides is 1. The molecule has 0 spiro atoms. The van der Waals surface area contributed by atoms with Gasteiger partial charge in [0.15, 0.2) is 5.13 Å². The summed E-state index contributed by atoms with van der Waals surface area (Å²) in [6, 6.07) is 9.96. The van der Waals surface area contributed by atoms with Crippen molar-refractivity contribution in [2.75, 3.05) is 5.32 Å². The minimum atomic E-state index is -0.0380. The molecule has 0 aliphatic rings. The molecule has 0 saturated carbocycles. The number of benzene rings is 1. The molecule has 118 valence electrons. The van der Waals surface area contributed by atoms with Gasteiger partial charge in [0.05, 0.1) is 16.9 Å². The maximum Gasteiger partial charge on any atom is 0.225 e. The van der Waals surface area contributed by atoms with Gasteiger partial charge < -0.3 is 9.88 Å². The van der Waals surface area contributed by atoms with Crippen LogP contribution in [0.4, 0.5) is 5.13 Å². The van der Waals surface area contributed by atoms with E-state index in [1.165, 1.54) is 11.3 Å².